The van der Waals surface area contributed by atoms with Gasteiger partial charge >= 0.3 is 0 Å². The highest BCUT2D eigenvalue weighted by molar-refractivity contribution is 6.43. The summed E-state index contributed by atoms with van der Waals surface area (Å²) in [6.07, 6.45) is 1.61. The molecule has 0 atom stereocenters. The lowest BCUT2D eigenvalue weighted by molar-refractivity contribution is 0.456. The van der Waals surface area contributed by atoms with Crippen molar-refractivity contribution in [2.24, 2.45) is 0 Å². The van der Waals surface area contributed by atoms with Gasteiger partial charge in [-0.3, -0.25) is 0 Å². The van der Waals surface area contributed by atoms with Crippen molar-refractivity contribution in [3.63, 3.8) is 0 Å². The molecule has 0 fully saturated rings. The SMILES string of the molecule is Fc1ccc(Oc2ccccn2)c(CNc2nnnn2-c2cccc(Cl)c2Cl)c1. The Kier molecular flexibility index (Phi) is 5.55. The molecule has 0 aliphatic carbocycles. The maximum atomic E-state index is 13.8. The summed E-state index contributed by atoms with van der Waals surface area (Å²) in [7, 11) is 0. The maximum absolute atomic E-state index is 13.8. The quantitative estimate of drug-likeness (QED) is 0.468. The van der Waals surface area contributed by atoms with Gasteiger partial charge in [0, 0.05) is 24.4 Å². The monoisotopic (exact) mass is 430 g/mol. The molecule has 0 bridgehead atoms. The number of anilines is 1. The molecule has 10 heteroatoms. The van der Waals surface area contributed by atoms with Crippen LogP contribution in [0.15, 0.2) is 60.8 Å². The Labute approximate surface area is 175 Å². The molecular weight excluding hydrogens is 418 g/mol. The van der Waals surface area contributed by atoms with E-state index in [-0.39, 0.29) is 6.54 Å². The molecule has 2 aromatic heterocycles. The zero-order valence-electron chi connectivity index (χ0n) is 14.8. The Morgan fingerprint density at radius 2 is 1.97 bits per heavy atom. The third kappa shape index (κ3) is 4.28. The largest absolute Gasteiger partial charge is 0.439 e. The Morgan fingerprint density at radius 3 is 2.79 bits per heavy atom. The first kappa shape index (κ1) is 19.1. The van der Waals surface area contributed by atoms with E-state index < -0.39 is 5.82 Å². The van der Waals surface area contributed by atoms with Crippen molar-refractivity contribution in [2.45, 2.75) is 6.54 Å². The summed E-state index contributed by atoms with van der Waals surface area (Å²) in [4.78, 5) is 4.12. The molecule has 0 radical (unpaired) electrons. The highest BCUT2D eigenvalue weighted by Crippen LogP contribution is 2.30. The van der Waals surface area contributed by atoms with Gasteiger partial charge in [-0.15, -0.1) is 0 Å². The number of aromatic nitrogens is 5. The fourth-order valence-corrected chi connectivity index (χ4v) is 2.97. The van der Waals surface area contributed by atoms with Crippen molar-refractivity contribution in [1.82, 2.24) is 25.2 Å². The van der Waals surface area contributed by atoms with E-state index in [1.807, 2.05) is 0 Å². The molecular formula is C19H13Cl2FN6O. The molecule has 0 unspecified atom stereocenters. The lowest BCUT2D eigenvalue weighted by Gasteiger charge is -2.12. The highest BCUT2D eigenvalue weighted by atomic mass is 35.5. The van der Waals surface area contributed by atoms with Crippen LogP contribution in [0.4, 0.5) is 10.3 Å². The van der Waals surface area contributed by atoms with E-state index in [1.54, 1.807) is 42.6 Å². The van der Waals surface area contributed by atoms with Crippen molar-refractivity contribution >= 4 is 29.2 Å². The first-order chi connectivity index (χ1) is 14.1. The number of rotatable bonds is 6. The van der Waals surface area contributed by atoms with E-state index in [0.717, 1.165) is 0 Å². The summed E-state index contributed by atoms with van der Waals surface area (Å²) in [6, 6.07) is 14.6. The van der Waals surface area contributed by atoms with Gasteiger partial charge in [-0.2, -0.15) is 4.68 Å². The lowest BCUT2D eigenvalue weighted by atomic mass is 10.2. The molecule has 0 saturated heterocycles. The number of tetrazole rings is 1. The van der Waals surface area contributed by atoms with Gasteiger partial charge in [-0.25, -0.2) is 9.37 Å². The van der Waals surface area contributed by atoms with Crippen molar-refractivity contribution < 1.29 is 9.13 Å². The molecule has 0 saturated carbocycles. The predicted molar refractivity (Wildman–Crippen MR) is 107 cm³/mol. The average Bonchev–Trinajstić information content (AvgIpc) is 3.19. The fourth-order valence-electron chi connectivity index (χ4n) is 2.60. The Balaban J connectivity index is 1.58. The predicted octanol–water partition coefficient (Wildman–Crippen LogP) is 4.91. The average molecular weight is 431 g/mol. The zero-order valence-corrected chi connectivity index (χ0v) is 16.3. The smallest absolute Gasteiger partial charge is 0.248 e. The molecule has 0 aliphatic heterocycles. The van der Waals surface area contributed by atoms with Gasteiger partial charge in [-0.1, -0.05) is 40.4 Å². The van der Waals surface area contributed by atoms with Gasteiger partial charge in [-0.05, 0) is 46.8 Å². The highest BCUT2D eigenvalue weighted by Gasteiger charge is 2.14. The molecule has 2 aromatic carbocycles. The Morgan fingerprint density at radius 1 is 1.07 bits per heavy atom. The molecule has 0 aliphatic rings. The molecule has 146 valence electrons. The summed E-state index contributed by atoms with van der Waals surface area (Å²) >= 11 is 12.3. The molecule has 4 rings (SSSR count). The number of nitrogens with zero attached hydrogens (tertiary/aromatic N) is 5. The van der Waals surface area contributed by atoms with Gasteiger partial charge in [0.2, 0.25) is 11.8 Å². The third-order valence-corrected chi connectivity index (χ3v) is 4.75. The topological polar surface area (TPSA) is 77.8 Å². The minimum Gasteiger partial charge on any atom is -0.439 e. The number of ether oxygens (including phenoxy) is 1. The second-order valence-electron chi connectivity index (χ2n) is 5.86. The second-order valence-corrected chi connectivity index (χ2v) is 6.65. The standard InChI is InChI=1S/C19H13Cl2FN6O/c20-14-4-3-5-15(18(14)21)28-19(25-26-27-28)24-11-12-10-13(22)7-8-16(12)29-17-6-1-2-9-23-17/h1-10H,11H2,(H,24,25,27). The van der Waals surface area contributed by atoms with Gasteiger partial charge in [0.25, 0.3) is 0 Å². The Hall–Kier alpha value is -3.23. The van der Waals surface area contributed by atoms with Crippen LogP contribution in [0.3, 0.4) is 0 Å². The zero-order chi connectivity index (χ0) is 20.2. The van der Waals surface area contributed by atoms with Crippen LogP contribution in [0.1, 0.15) is 5.56 Å². The number of benzene rings is 2. The molecule has 0 amide bonds. The number of nitrogens with one attached hydrogen (secondary N) is 1. The minimum atomic E-state index is -0.396. The van der Waals surface area contributed by atoms with Crippen LogP contribution >= 0.6 is 23.2 Å². The summed E-state index contributed by atoms with van der Waals surface area (Å²) in [5.41, 5.74) is 1.07. The van der Waals surface area contributed by atoms with Crippen LogP contribution in [0, 0.1) is 5.82 Å². The third-order valence-electron chi connectivity index (χ3n) is 3.94. The van der Waals surface area contributed by atoms with Gasteiger partial charge in [0.15, 0.2) is 0 Å². The number of hydrogen-bond donors (Lipinski definition) is 1. The van der Waals surface area contributed by atoms with Crippen LogP contribution in [0.5, 0.6) is 11.6 Å². The molecule has 4 aromatic rings. The van der Waals surface area contributed by atoms with Crippen molar-refractivity contribution in [2.75, 3.05) is 5.32 Å². The van der Waals surface area contributed by atoms with Gasteiger partial charge < -0.3 is 10.1 Å². The van der Waals surface area contributed by atoms with Crippen LogP contribution in [-0.2, 0) is 6.54 Å². The van der Waals surface area contributed by atoms with E-state index in [2.05, 4.69) is 25.8 Å². The fraction of sp³-hybridized carbons (Fsp3) is 0.0526. The van der Waals surface area contributed by atoms with E-state index in [4.69, 9.17) is 27.9 Å². The molecule has 1 N–H and O–H groups in total. The lowest BCUT2D eigenvalue weighted by Crippen LogP contribution is -2.09. The normalized spacial score (nSPS) is 10.7. The molecule has 29 heavy (non-hydrogen) atoms. The number of pyridine rings is 1. The first-order valence-corrected chi connectivity index (χ1v) is 9.21. The number of hydrogen-bond acceptors (Lipinski definition) is 6. The van der Waals surface area contributed by atoms with Crippen molar-refractivity contribution in [3.8, 4) is 17.3 Å². The summed E-state index contributed by atoms with van der Waals surface area (Å²) < 4.78 is 21.0. The second kappa shape index (κ2) is 8.42. The van der Waals surface area contributed by atoms with Crippen molar-refractivity contribution in [3.05, 3.63) is 82.2 Å². The van der Waals surface area contributed by atoms with Crippen LogP contribution in [0.25, 0.3) is 5.69 Å². The number of halogens is 3. The maximum Gasteiger partial charge on any atom is 0.248 e. The van der Waals surface area contributed by atoms with Gasteiger partial charge in [0.05, 0.1) is 15.7 Å². The molecule has 7 nitrogen and oxygen atoms in total. The van der Waals surface area contributed by atoms with E-state index in [9.17, 15) is 4.39 Å². The summed E-state index contributed by atoms with van der Waals surface area (Å²) in [5, 5.41) is 15.3. The van der Waals surface area contributed by atoms with Gasteiger partial charge in [0.1, 0.15) is 11.6 Å². The Bertz CT molecular complexity index is 1140. The summed E-state index contributed by atoms with van der Waals surface area (Å²) in [5.74, 6) is 0.767. The van der Waals surface area contributed by atoms with Crippen LogP contribution in [-0.4, -0.2) is 25.2 Å². The summed E-state index contributed by atoms with van der Waals surface area (Å²) in [6.45, 7) is 0.193. The van der Waals surface area contributed by atoms with Crippen molar-refractivity contribution in [1.29, 1.82) is 0 Å². The van der Waals surface area contributed by atoms with Crippen LogP contribution < -0.4 is 10.1 Å². The molecule has 0 spiro atoms. The van der Waals surface area contributed by atoms with Crippen LogP contribution in [0.2, 0.25) is 10.0 Å². The van der Waals surface area contributed by atoms with E-state index in [0.29, 0.717) is 38.9 Å². The van der Waals surface area contributed by atoms with E-state index in [1.165, 1.54) is 22.9 Å². The minimum absolute atomic E-state index is 0.193. The van der Waals surface area contributed by atoms with E-state index >= 15 is 0 Å². The first-order valence-electron chi connectivity index (χ1n) is 8.46. The molecule has 2 heterocycles.